The number of rotatable bonds is 3. The van der Waals surface area contributed by atoms with E-state index >= 15 is 0 Å². The highest BCUT2D eigenvalue weighted by Gasteiger charge is 2.31. The maximum absolute atomic E-state index is 13.3. The third-order valence-corrected chi connectivity index (χ3v) is 7.51. The molecule has 4 rings (SSSR count). The monoisotopic (exact) mass is 374 g/mol. The van der Waals surface area contributed by atoms with E-state index in [1.54, 1.807) is 6.07 Å². The zero-order valence-electron chi connectivity index (χ0n) is 14.0. The van der Waals surface area contributed by atoms with Gasteiger partial charge in [-0.15, -0.1) is 11.3 Å². The van der Waals surface area contributed by atoms with Crippen molar-refractivity contribution in [3.63, 3.8) is 0 Å². The van der Waals surface area contributed by atoms with Crippen LogP contribution in [0, 0.1) is 13.8 Å². The zero-order valence-corrected chi connectivity index (χ0v) is 15.7. The van der Waals surface area contributed by atoms with Crippen LogP contribution in [-0.2, 0) is 16.4 Å². The Morgan fingerprint density at radius 1 is 1.20 bits per heavy atom. The lowest BCUT2D eigenvalue weighted by molar-refractivity contribution is 0.428. The van der Waals surface area contributed by atoms with Crippen LogP contribution in [-0.4, -0.2) is 20.1 Å². The SMILES string of the molecule is Cc1cc(-c2cc(S(=O)(=O)N3CCCc4ccccc43)c(C)s2)on1. The molecule has 7 heteroatoms. The van der Waals surface area contributed by atoms with Gasteiger partial charge < -0.3 is 4.52 Å². The molecule has 0 unspecified atom stereocenters. The van der Waals surface area contributed by atoms with Crippen molar-refractivity contribution < 1.29 is 12.9 Å². The molecule has 0 amide bonds. The summed E-state index contributed by atoms with van der Waals surface area (Å²) in [5, 5.41) is 3.89. The Bertz CT molecular complexity index is 1030. The van der Waals surface area contributed by atoms with Gasteiger partial charge in [-0.2, -0.15) is 0 Å². The largest absolute Gasteiger partial charge is 0.355 e. The first-order valence-corrected chi connectivity index (χ1v) is 10.4. The third-order valence-electron chi connectivity index (χ3n) is 4.38. The second-order valence-corrected chi connectivity index (χ2v) is 9.26. The van der Waals surface area contributed by atoms with Crippen molar-refractivity contribution in [1.29, 1.82) is 0 Å². The molecule has 0 saturated carbocycles. The molecule has 2 aromatic heterocycles. The van der Waals surface area contributed by atoms with Crippen LogP contribution in [0.1, 0.15) is 22.6 Å². The second kappa shape index (κ2) is 6.00. The molecule has 1 aromatic carbocycles. The molecule has 1 aliphatic heterocycles. The number of hydrogen-bond acceptors (Lipinski definition) is 5. The lowest BCUT2D eigenvalue weighted by atomic mass is 10.0. The molecule has 0 atom stereocenters. The molecule has 0 spiro atoms. The first-order valence-electron chi connectivity index (χ1n) is 8.11. The molecular weight excluding hydrogens is 356 g/mol. The van der Waals surface area contributed by atoms with Gasteiger partial charge in [-0.3, -0.25) is 4.31 Å². The van der Waals surface area contributed by atoms with Crippen LogP contribution in [0.5, 0.6) is 0 Å². The number of benzene rings is 1. The fourth-order valence-electron chi connectivity index (χ4n) is 3.19. The Morgan fingerprint density at radius 2 is 2.00 bits per heavy atom. The maximum atomic E-state index is 13.3. The van der Waals surface area contributed by atoms with Crippen molar-refractivity contribution >= 4 is 27.0 Å². The lowest BCUT2D eigenvalue weighted by Gasteiger charge is -2.30. The first-order chi connectivity index (χ1) is 12.0. The fraction of sp³-hybridized carbons (Fsp3) is 0.278. The van der Waals surface area contributed by atoms with Crippen molar-refractivity contribution in [2.24, 2.45) is 0 Å². The van der Waals surface area contributed by atoms with Gasteiger partial charge >= 0.3 is 0 Å². The van der Waals surface area contributed by atoms with Gasteiger partial charge in [-0.25, -0.2) is 8.42 Å². The van der Waals surface area contributed by atoms with Gasteiger partial charge in [0.2, 0.25) is 0 Å². The molecule has 0 fully saturated rings. The van der Waals surface area contributed by atoms with Gasteiger partial charge in [0.15, 0.2) is 5.76 Å². The number of sulfonamides is 1. The number of thiophene rings is 1. The van der Waals surface area contributed by atoms with E-state index in [9.17, 15) is 8.42 Å². The van der Waals surface area contributed by atoms with Gasteiger partial charge in [0, 0.05) is 17.5 Å². The van der Waals surface area contributed by atoms with E-state index in [0.717, 1.165) is 39.5 Å². The predicted octanol–water partition coefficient (Wildman–Crippen LogP) is 4.16. The molecule has 0 saturated heterocycles. The van der Waals surface area contributed by atoms with Gasteiger partial charge in [0.25, 0.3) is 10.0 Å². The standard InChI is InChI=1S/C18H18N2O3S2/c1-12-10-16(23-19-12)17-11-18(13(2)24-17)25(21,22)20-9-5-7-14-6-3-4-8-15(14)20/h3-4,6,8,10-11H,5,7,9H2,1-2H3. The minimum Gasteiger partial charge on any atom is -0.355 e. The van der Waals surface area contributed by atoms with Crippen LogP contribution < -0.4 is 4.31 Å². The topological polar surface area (TPSA) is 63.4 Å². The summed E-state index contributed by atoms with van der Waals surface area (Å²) in [4.78, 5) is 1.88. The lowest BCUT2D eigenvalue weighted by Crippen LogP contribution is -2.35. The first kappa shape index (κ1) is 16.4. The number of anilines is 1. The Kier molecular flexibility index (Phi) is 3.92. The van der Waals surface area contributed by atoms with Crippen molar-refractivity contribution in [3.8, 4) is 10.6 Å². The predicted molar refractivity (Wildman–Crippen MR) is 98.6 cm³/mol. The zero-order chi connectivity index (χ0) is 17.6. The number of nitrogens with zero attached hydrogens (tertiary/aromatic N) is 2. The summed E-state index contributed by atoms with van der Waals surface area (Å²) in [7, 11) is -3.60. The molecule has 3 aromatic rings. The smallest absolute Gasteiger partial charge is 0.265 e. The summed E-state index contributed by atoms with van der Waals surface area (Å²) < 4.78 is 33.4. The van der Waals surface area contributed by atoms with Gasteiger partial charge in [0.1, 0.15) is 4.90 Å². The van der Waals surface area contributed by atoms with E-state index in [4.69, 9.17) is 4.52 Å². The Balaban J connectivity index is 1.78. The molecule has 0 bridgehead atoms. The average Bonchev–Trinajstić information content (AvgIpc) is 3.20. The number of fused-ring (bicyclic) bond motifs is 1. The molecule has 25 heavy (non-hydrogen) atoms. The van der Waals surface area contributed by atoms with E-state index in [-0.39, 0.29) is 0 Å². The van der Waals surface area contributed by atoms with Crippen LogP contribution >= 0.6 is 11.3 Å². The fourth-order valence-corrected chi connectivity index (χ4v) is 6.24. The molecular formula is C18H18N2O3S2. The van der Waals surface area contributed by atoms with Crippen molar-refractivity contribution in [3.05, 3.63) is 52.5 Å². The molecule has 5 nitrogen and oxygen atoms in total. The maximum Gasteiger partial charge on any atom is 0.265 e. The van der Waals surface area contributed by atoms with Gasteiger partial charge in [0.05, 0.1) is 16.3 Å². The van der Waals surface area contributed by atoms with Gasteiger partial charge in [-0.1, -0.05) is 23.4 Å². The number of para-hydroxylation sites is 1. The Morgan fingerprint density at radius 3 is 2.76 bits per heavy atom. The van der Waals surface area contributed by atoms with Crippen molar-refractivity contribution in [1.82, 2.24) is 5.16 Å². The molecule has 0 radical (unpaired) electrons. The van der Waals surface area contributed by atoms with Crippen LogP contribution in [0.25, 0.3) is 10.6 Å². The number of aryl methyl sites for hydroxylation is 3. The number of hydrogen-bond donors (Lipinski definition) is 0. The minimum atomic E-state index is -3.60. The Labute approximate surface area is 150 Å². The summed E-state index contributed by atoms with van der Waals surface area (Å²) in [6.07, 6.45) is 1.74. The molecule has 130 valence electrons. The second-order valence-electron chi connectivity index (χ2n) is 6.17. The van der Waals surface area contributed by atoms with E-state index in [0.29, 0.717) is 17.2 Å². The van der Waals surface area contributed by atoms with Crippen molar-refractivity contribution in [2.75, 3.05) is 10.8 Å². The van der Waals surface area contributed by atoms with E-state index in [1.807, 2.05) is 44.2 Å². The highest BCUT2D eigenvalue weighted by Crippen LogP contribution is 2.38. The molecule has 0 N–H and O–H groups in total. The highest BCUT2D eigenvalue weighted by molar-refractivity contribution is 7.93. The average molecular weight is 374 g/mol. The minimum absolute atomic E-state index is 0.346. The van der Waals surface area contributed by atoms with E-state index in [1.165, 1.54) is 15.6 Å². The van der Waals surface area contributed by atoms with Crippen LogP contribution in [0.2, 0.25) is 0 Å². The van der Waals surface area contributed by atoms with E-state index < -0.39 is 10.0 Å². The van der Waals surface area contributed by atoms with Crippen LogP contribution in [0.15, 0.2) is 45.8 Å². The quantitative estimate of drug-likeness (QED) is 0.690. The van der Waals surface area contributed by atoms with Gasteiger partial charge in [-0.05, 0) is 44.4 Å². The van der Waals surface area contributed by atoms with Crippen molar-refractivity contribution in [2.45, 2.75) is 31.6 Å². The van der Waals surface area contributed by atoms with E-state index in [2.05, 4.69) is 5.16 Å². The highest BCUT2D eigenvalue weighted by atomic mass is 32.2. The summed E-state index contributed by atoms with van der Waals surface area (Å²) in [5.74, 6) is 0.603. The summed E-state index contributed by atoms with van der Waals surface area (Å²) in [6.45, 7) is 4.18. The Hall–Kier alpha value is -2.12. The molecule has 1 aliphatic rings. The summed E-state index contributed by atoms with van der Waals surface area (Å²) in [5.41, 5.74) is 2.64. The van der Waals surface area contributed by atoms with Crippen LogP contribution in [0.4, 0.5) is 5.69 Å². The molecule has 3 heterocycles. The van der Waals surface area contributed by atoms with Crippen LogP contribution in [0.3, 0.4) is 0 Å². The summed E-state index contributed by atoms with van der Waals surface area (Å²) >= 11 is 1.41. The number of aromatic nitrogens is 1. The molecule has 0 aliphatic carbocycles. The normalized spacial score (nSPS) is 14.6. The summed E-state index contributed by atoms with van der Waals surface area (Å²) in [6, 6.07) is 11.2. The third kappa shape index (κ3) is 2.77.